The van der Waals surface area contributed by atoms with Crippen molar-refractivity contribution in [1.82, 2.24) is 4.57 Å². The molecule has 0 spiro atoms. The molecular formula is C22H16FN3OS. The van der Waals surface area contributed by atoms with Crippen molar-refractivity contribution in [3.05, 3.63) is 101 Å². The average Bonchev–Trinajstić information content (AvgIpc) is 3.06. The summed E-state index contributed by atoms with van der Waals surface area (Å²) in [6.45, 7) is 0. The number of rotatable bonds is 3. The van der Waals surface area contributed by atoms with Crippen molar-refractivity contribution in [2.45, 2.75) is 0 Å². The Morgan fingerprint density at radius 2 is 1.50 bits per heavy atom. The van der Waals surface area contributed by atoms with Gasteiger partial charge in [0, 0.05) is 5.56 Å². The summed E-state index contributed by atoms with van der Waals surface area (Å²) in [6, 6.07) is 24.4. The molecule has 0 aliphatic heterocycles. The van der Waals surface area contributed by atoms with Crippen molar-refractivity contribution in [1.29, 1.82) is 0 Å². The zero-order valence-corrected chi connectivity index (χ0v) is 15.6. The highest BCUT2D eigenvalue weighted by atomic mass is 32.1. The lowest BCUT2D eigenvalue weighted by atomic mass is 10.2. The number of thiazole rings is 1. The summed E-state index contributed by atoms with van der Waals surface area (Å²) in [7, 11) is 0. The van der Waals surface area contributed by atoms with Crippen LogP contribution in [0.3, 0.4) is 0 Å². The van der Waals surface area contributed by atoms with E-state index in [2.05, 4.69) is 4.99 Å². The van der Waals surface area contributed by atoms with Crippen molar-refractivity contribution in [3.8, 4) is 16.1 Å². The van der Waals surface area contributed by atoms with E-state index in [-0.39, 0.29) is 11.7 Å². The van der Waals surface area contributed by atoms with Crippen LogP contribution in [0.5, 0.6) is 0 Å². The third-order valence-corrected chi connectivity index (χ3v) is 5.30. The Hall–Kier alpha value is -3.51. The second-order valence-electron chi connectivity index (χ2n) is 6.06. The van der Waals surface area contributed by atoms with Gasteiger partial charge in [-0.3, -0.25) is 9.36 Å². The smallest absolute Gasteiger partial charge is 0.279 e. The van der Waals surface area contributed by atoms with Crippen LogP contribution in [0.25, 0.3) is 16.1 Å². The molecule has 0 fully saturated rings. The van der Waals surface area contributed by atoms with Gasteiger partial charge in [-0.25, -0.2) is 4.39 Å². The molecule has 0 saturated carbocycles. The number of carbonyl (C=O) groups excluding carboxylic acids is 1. The van der Waals surface area contributed by atoms with Crippen LogP contribution in [0.2, 0.25) is 0 Å². The van der Waals surface area contributed by atoms with Crippen LogP contribution in [0.4, 0.5) is 10.2 Å². The summed E-state index contributed by atoms with van der Waals surface area (Å²) >= 11 is 1.32. The number of carbonyl (C=O) groups is 1. The summed E-state index contributed by atoms with van der Waals surface area (Å²) in [6.07, 6.45) is 0. The number of halogens is 1. The topological polar surface area (TPSA) is 60.4 Å². The van der Waals surface area contributed by atoms with Gasteiger partial charge in [0.2, 0.25) is 0 Å². The molecule has 1 aromatic heterocycles. The largest absolute Gasteiger partial charge is 0.384 e. The number of nitrogen functional groups attached to an aromatic ring is 1. The second-order valence-corrected chi connectivity index (χ2v) is 7.04. The quantitative estimate of drug-likeness (QED) is 0.554. The first-order valence-corrected chi connectivity index (χ1v) is 9.42. The van der Waals surface area contributed by atoms with Crippen molar-refractivity contribution >= 4 is 23.1 Å². The number of hydrogen-bond donors (Lipinski definition) is 1. The fourth-order valence-corrected chi connectivity index (χ4v) is 3.89. The molecule has 6 heteroatoms. The van der Waals surface area contributed by atoms with E-state index in [9.17, 15) is 9.18 Å². The van der Waals surface area contributed by atoms with Crippen molar-refractivity contribution < 1.29 is 9.18 Å². The first-order chi connectivity index (χ1) is 13.6. The summed E-state index contributed by atoms with van der Waals surface area (Å²) < 4.78 is 15.1. The Morgan fingerprint density at radius 1 is 0.893 bits per heavy atom. The molecule has 1 heterocycles. The monoisotopic (exact) mass is 389 g/mol. The molecule has 0 unspecified atom stereocenters. The van der Waals surface area contributed by atoms with Gasteiger partial charge >= 0.3 is 0 Å². The van der Waals surface area contributed by atoms with Crippen LogP contribution in [0.15, 0.2) is 89.9 Å². The number of hydrogen-bond acceptors (Lipinski definition) is 3. The molecule has 28 heavy (non-hydrogen) atoms. The number of anilines is 1. The second kappa shape index (κ2) is 7.62. The maximum Gasteiger partial charge on any atom is 0.279 e. The lowest BCUT2D eigenvalue weighted by Crippen LogP contribution is -2.17. The molecule has 0 bridgehead atoms. The third kappa shape index (κ3) is 3.50. The Morgan fingerprint density at radius 3 is 2.14 bits per heavy atom. The van der Waals surface area contributed by atoms with Crippen LogP contribution < -0.4 is 10.5 Å². The van der Waals surface area contributed by atoms with Crippen LogP contribution in [-0.2, 0) is 0 Å². The van der Waals surface area contributed by atoms with Crippen molar-refractivity contribution in [2.24, 2.45) is 4.99 Å². The Labute approximate surface area is 165 Å². The van der Waals surface area contributed by atoms with Gasteiger partial charge in [-0.2, -0.15) is 4.99 Å². The maximum atomic E-state index is 13.4. The highest BCUT2D eigenvalue weighted by molar-refractivity contribution is 7.13. The van der Waals surface area contributed by atoms with E-state index in [1.807, 2.05) is 36.4 Å². The molecule has 4 nitrogen and oxygen atoms in total. The zero-order chi connectivity index (χ0) is 19.5. The van der Waals surface area contributed by atoms with Gasteiger partial charge in [0.1, 0.15) is 11.6 Å². The van der Waals surface area contributed by atoms with Crippen molar-refractivity contribution in [3.63, 3.8) is 0 Å². The summed E-state index contributed by atoms with van der Waals surface area (Å²) in [5.74, 6) is -0.264. The molecule has 0 aliphatic carbocycles. The number of nitrogens with two attached hydrogens (primary N) is 1. The SMILES string of the molecule is Nc1c(-c2ccccc2)sc(=NC(=O)c2ccccc2)n1-c1ccc(F)cc1. The summed E-state index contributed by atoms with van der Waals surface area (Å²) in [5.41, 5.74) is 8.48. The molecular weight excluding hydrogens is 373 g/mol. The zero-order valence-electron chi connectivity index (χ0n) is 14.7. The summed E-state index contributed by atoms with van der Waals surface area (Å²) in [4.78, 5) is 18.2. The first-order valence-electron chi connectivity index (χ1n) is 8.60. The first kappa shape index (κ1) is 17.9. The molecule has 2 N–H and O–H groups in total. The van der Waals surface area contributed by atoms with Crippen LogP contribution >= 0.6 is 11.3 Å². The van der Waals surface area contributed by atoms with Crippen LogP contribution in [-0.4, -0.2) is 10.5 Å². The minimum absolute atomic E-state index is 0.347. The van der Waals surface area contributed by atoms with Crippen LogP contribution in [0.1, 0.15) is 10.4 Å². The van der Waals surface area contributed by atoms with Gasteiger partial charge < -0.3 is 5.73 Å². The minimum atomic E-state index is -0.364. The third-order valence-electron chi connectivity index (χ3n) is 4.20. The molecule has 4 rings (SSSR count). The molecule has 1 amide bonds. The van der Waals surface area contributed by atoms with Gasteiger partial charge in [-0.05, 0) is 42.0 Å². The van der Waals surface area contributed by atoms with E-state index in [4.69, 9.17) is 5.73 Å². The lowest BCUT2D eigenvalue weighted by molar-refractivity contribution is 0.0998. The van der Waals surface area contributed by atoms with Crippen LogP contribution in [0, 0.1) is 5.82 Å². The normalized spacial score (nSPS) is 11.5. The van der Waals surface area contributed by atoms with Gasteiger partial charge in [0.25, 0.3) is 5.91 Å². The van der Waals surface area contributed by atoms with Gasteiger partial charge in [0.15, 0.2) is 4.80 Å². The molecule has 138 valence electrons. The molecule has 3 aromatic carbocycles. The van der Waals surface area contributed by atoms with E-state index in [1.165, 1.54) is 23.5 Å². The van der Waals surface area contributed by atoms with E-state index in [0.717, 1.165) is 10.4 Å². The molecule has 0 saturated heterocycles. The van der Waals surface area contributed by atoms with E-state index >= 15 is 0 Å². The minimum Gasteiger partial charge on any atom is -0.384 e. The van der Waals surface area contributed by atoms with Gasteiger partial charge in [-0.15, -0.1) is 0 Å². The fourth-order valence-electron chi connectivity index (χ4n) is 2.83. The highest BCUT2D eigenvalue weighted by Gasteiger charge is 2.15. The molecule has 4 aromatic rings. The molecule has 0 atom stereocenters. The maximum absolute atomic E-state index is 13.4. The van der Waals surface area contributed by atoms with E-state index in [1.54, 1.807) is 41.0 Å². The van der Waals surface area contributed by atoms with E-state index < -0.39 is 0 Å². The van der Waals surface area contributed by atoms with Gasteiger partial charge in [-0.1, -0.05) is 59.9 Å². The fraction of sp³-hybridized carbons (Fsp3) is 0. The number of amides is 1. The Kier molecular flexibility index (Phi) is 4.87. The van der Waals surface area contributed by atoms with Crippen molar-refractivity contribution in [2.75, 3.05) is 5.73 Å². The molecule has 0 radical (unpaired) electrons. The predicted octanol–water partition coefficient (Wildman–Crippen LogP) is 4.67. The lowest BCUT2D eigenvalue weighted by Gasteiger charge is -2.07. The Balaban J connectivity index is 1.92. The predicted molar refractivity (Wildman–Crippen MR) is 110 cm³/mol. The van der Waals surface area contributed by atoms with Gasteiger partial charge in [0.05, 0.1) is 10.6 Å². The number of aromatic nitrogens is 1. The van der Waals surface area contributed by atoms with E-state index in [0.29, 0.717) is 21.9 Å². The average molecular weight is 389 g/mol. The number of benzene rings is 3. The standard InChI is InChI=1S/C22H16FN3OS/c23-17-11-13-18(14-12-17)26-20(24)19(15-7-3-1-4-8-15)28-22(26)25-21(27)16-9-5-2-6-10-16/h1-14H,24H2. The Bertz CT molecular complexity index is 1180. The number of nitrogens with zero attached hydrogens (tertiary/aromatic N) is 2. The highest BCUT2D eigenvalue weighted by Crippen LogP contribution is 2.30. The molecule has 0 aliphatic rings. The summed E-state index contributed by atoms with van der Waals surface area (Å²) in [5, 5.41) is 0.